The fourth-order valence-electron chi connectivity index (χ4n) is 8.89. The lowest BCUT2D eigenvalue weighted by Crippen LogP contribution is -2.28. The Kier molecular flexibility index (Phi) is 7.36. The zero-order chi connectivity index (χ0) is 37.9. The number of fused-ring (bicyclic) bond motifs is 6. The Morgan fingerprint density at radius 2 is 0.982 bits per heavy atom. The van der Waals surface area contributed by atoms with Crippen molar-refractivity contribution in [1.29, 1.82) is 0 Å². The van der Waals surface area contributed by atoms with Crippen LogP contribution in [0.15, 0.2) is 206 Å². The number of hydrogen-bond acceptors (Lipinski definition) is 3. The summed E-state index contributed by atoms with van der Waals surface area (Å²) in [5.74, 6) is 0.675. The van der Waals surface area contributed by atoms with Crippen molar-refractivity contribution < 1.29 is 1.37 Å². The van der Waals surface area contributed by atoms with Gasteiger partial charge in [-0.3, -0.25) is 0 Å². The van der Waals surface area contributed by atoms with Gasteiger partial charge in [0.1, 0.15) is 0 Å². The lowest BCUT2D eigenvalue weighted by atomic mass is 9.67. The highest BCUT2D eigenvalue weighted by Crippen LogP contribution is 2.57. The molecule has 56 heavy (non-hydrogen) atoms. The van der Waals surface area contributed by atoms with Crippen LogP contribution in [0.25, 0.3) is 76.3 Å². The summed E-state index contributed by atoms with van der Waals surface area (Å²) in [6.07, 6.45) is 0. The van der Waals surface area contributed by atoms with E-state index in [0.29, 0.717) is 11.9 Å². The Morgan fingerprint density at radius 1 is 0.411 bits per heavy atom. The van der Waals surface area contributed by atoms with E-state index in [0.717, 1.165) is 59.4 Å². The second kappa shape index (κ2) is 13.1. The van der Waals surface area contributed by atoms with Crippen LogP contribution in [0.3, 0.4) is 0 Å². The van der Waals surface area contributed by atoms with Gasteiger partial charge in [0.15, 0.2) is 5.82 Å². The Morgan fingerprint density at radius 3 is 1.73 bits per heavy atom. The monoisotopic (exact) mass is 731 g/mol. The first-order chi connectivity index (χ1) is 28.2. The first-order valence-electron chi connectivity index (χ1n) is 19.5. The molecule has 262 valence electrons. The van der Waals surface area contributed by atoms with E-state index in [1.807, 2.05) is 30.3 Å². The van der Waals surface area contributed by atoms with E-state index in [4.69, 9.17) is 11.3 Å². The topological polar surface area (TPSA) is 25.8 Å². The molecule has 0 atom stereocenters. The van der Waals surface area contributed by atoms with Crippen LogP contribution in [0.2, 0.25) is 0 Å². The van der Waals surface area contributed by atoms with Crippen LogP contribution < -0.4 is 0 Å². The molecule has 2 nitrogen and oxygen atoms in total. The molecule has 0 saturated heterocycles. The first-order valence-corrected chi connectivity index (χ1v) is 19.8. The molecule has 2 heterocycles. The summed E-state index contributed by atoms with van der Waals surface area (Å²) >= 11 is 1.67. The van der Waals surface area contributed by atoms with Gasteiger partial charge < -0.3 is 0 Å². The van der Waals surface area contributed by atoms with Crippen LogP contribution in [-0.2, 0) is 5.41 Å². The van der Waals surface area contributed by atoms with Gasteiger partial charge in [-0.1, -0.05) is 188 Å². The van der Waals surface area contributed by atoms with Crippen LogP contribution in [0.5, 0.6) is 0 Å². The van der Waals surface area contributed by atoms with Crippen molar-refractivity contribution in [2.24, 2.45) is 0 Å². The van der Waals surface area contributed by atoms with E-state index in [2.05, 4.69) is 170 Å². The van der Waals surface area contributed by atoms with E-state index in [1.165, 1.54) is 33.4 Å². The number of hydrogen-bond donors (Lipinski definition) is 0. The third-order valence-corrected chi connectivity index (χ3v) is 12.5. The minimum atomic E-state index is -0.496. The minimum Gasteiger partial charge on any atom is -0.228 e. The SMILES string of the molecule is [2H]c1cccc2c1sc1c(-c3cc(-c4ccccc4-c4ccc5c(c4)C(c4ccccc4)(c4ccccc4)c4ccccc4-5)nc(-c4ccccc4)n3)cccc12. The maximum Gasteiger partial charge on any atom is 0.160 e. The van der Waals surface area contributed by atoms with Gasteiger partial charge in [-0.15, -0.1) is 11.3 Å². The molecule has 2 aromatic heterocycles. The number of rotatable bonds is 6. The number of benzene rings is 8. The molecule has 0 unspecified atom stereocenters. The highest BCUT2D eigenvalue weighted by Gasteiger charge is 2.46. The molecule has 0 fully saturated rings. The lowest BCUT2D eigenvalue weighted by molar-refractivity contribution is 0.769. The van der Waals surface area contributed by atoms with Gasteiger partial charge in [0, 0.05) is 36.9 Å². The number of nitrogens with zero attached hydrogens (tertiary/aromatic N) is 2. The second-order valence-corrected chi connectivity index (χ2v) is 15.4. The Hall–Kier alpha value is -6.94. The smallest absolute Gasteiger partial charge is 0.160 e. The summed E-state index contributed by atoms with van der Waals surface area (Å²) in [7, 11) is 0. The van der Waals surface area contributed by atoms with Crippen molar-refractivity contribution in [2.45, 2.75) is 5.41 Å². The van der Waals surface area contributed by atoms with Gasteiger partial charge in [0.25, 0.3) is 0 Å². The van der Waals surface area contributed by atoms with Crippen LogP contribution in [0.4, 0.5) is 0 Å². The molecule has 8 aromatic carbocycles. The molecule has 0 amide bonds. The molecule has 0 radical (unpaired) electrons. The molecule has 0 bridgehead atoms. The summed E-state index contributed by atoms with van der Waals surface area (Å²) in [6, 6.07) is 71.8. The predicted molar refractivity (Wildman–Crippen MR) is 234 cm³/mol. The second-order valence-electron chi connectivity index (χ2n) is 14.4. The molecule has 1 aliphatic carbocycles. The molecule has 0 aliphatic heterocycles. The maximum atomic E-state index is 8.66. The van der Waals surface area contributed by atoms with Crippen molar-refractivity contribution >= 4 is 31.5 Å². The first kappa shape index (κ1) is 31.4. The zero-order valence-corrected chi connectivity index (χ0v) is 31.2. The Balaban J connectivity index is 1.14. The summed E-state index contributed by atoms with van der Waals surface area (Å²) < 4.78 is 10.8. The minimum absolute atomic E-state index is 0.496. The predicted octanol–water partition coefficient (Wildman–Crippen LogP) is 13.9. The highest BCUT2D eigenvalue weighted by molar-refractivity contribution is 7.26. The van der Waals surface area contributed by atoms with Crippen LogP contribution in [-0.4, -0.2) is 9.97 Å². The Labute approximate surface area is 331 Å². The molecule has 3 heteroatoms. The van der Waals surface area contributed by atoms with E-state index in [-0.39, 0.29) is 0 Å². The summed E-state index contributed by atoms with van der Waals surface area (Å²) in [4.78, 5) is 10.6. The van der Waals surface area contributed by atoms with Crippen molar-refractivity contribution in [1.82, 2.24) is 9.97 Å². The average molecular weight is 732 g/mol. The van der Waals surface area contributed by atoms with Crippen molar-refractivity contribution in [3.05, 3.63) is 228 Å². The maximum absolute atomic E-state index is 8.66. The van der Waals surface area contributed by atoms with Crippen LogP contribution in [0, 0.1) is 0 Å². The third-order valence-electron chi connectivity index (χ3n) is 11.3. The third kappa shape index (κ3) is 5.02. The van der Waals surface area contributed by atoms with Crippen LogP contribution in [0.1, 0.15) is 23.6 Å². The van der Waals surface area contributed by atoms with Crippen LogP contribution >= 0.6 is 11.3 Å². The van der Waals surface area contributed by atoms with Gasteiger partial charge in [-0.05, 0) is 62.7 Å². The van der Waals surface area contributed by atoms with E-state index in [1.54, 1.807) is 11.3 Å². The molecule has 0 saturated carbocycles. The Bertz CT molecular complexity index is 3100. The van der Waals surface area contributed by atoms with Gasteiger partial charge in [0.2, 0.25) is 0 Å². The quantitative estimate of drug-likeness (QED) is 0.170. The van der Waals surface area contributed by atoms with Crippen molar-refractivity contribution in [3.63, 3.8) is 0 Å². The molecular weight excluding hydrogens is 697 g/mol. The summed E-state index contributed by atoms with van der Waals surface area (Å²) in [5, 5.41) is 2.25. The molecular formula is C53H34N2S. The summed E-state index contributed by atoms with van der Waals surface area (Å²) in [5.41, 5.74) is 14.1. The lowest BCUT2D eigenvalue weighted by Gasteiger charge is -2.34. The van der Waals surface area contributed by atoms with Gasteiger partial charge in [-0.25, -0.2) is 9.97 Å². The highest BCUT2D eigenvalue weighted by atomic mass is 32.1. The number of thiophene rings is 1. The molecule has 10 aromatic rings. The molecule has 0 N–H and O–H groups in total. The molecule has 1 aliphatic rings. The number of aromatic nitrogens is 2. The molecule has 11 rings (SSSR count). The largest absolute Gasteiger partial charge is 0.228 e. The average Bonchev–Trinajstić information content (AvgIpc) is 3.82. The van der Waals surface area contributed by atoms with Crippen molar-refractivity contribution in [2.75, 3.05) is 0 Å². The van der Waals surface area contributed by atoms with Gasteiger partial charge >= 0.3 is 0 Å². The van der Waals surface area contributed by atoms with E-state index in [9.17, 15) is 0 Å². The summed E-state index contributed by atoms with van der Waals surface area (Å²) in [6.45, 7) is 0. The molecule has 0 spiro atoms. The van der Waals surface area contributed by atoms with Gasteiger partial charge in [-0.2, -0.15) is 0 Å². The zero-order valence-electron chi connectivity index (χ0n) is 31.4. The van der Waals surface area contributed by atoms with Gasteiger partial charge in [0.05, 0.1) is 18.2 Å². The fraction of sp³-hybridized carbons (Fsp3) is 0.0189. The van der Waals surface area contributed by atoms with Crippen molar-refractivity contribution in [3.8, 4) is 56.2 Å². The van der Waals surface area contributed by atoms with E-state index < -0.39 is 5.41 Å². The van der Waals surface area contributed by atoms with E-state index >= 15 is 0 Å². The standard InChI is InChI=1S/C53H34N2S/c1-4-17-35(18-5-1)52-54-48(34-49(55-52)45-28-16-27-44-43-26-13-15-30-50(43)56-51(44)45)42-25-11-10-23-39(42)36-31-32-41-40-24-12-14-29-46(40)53(47(41)33-36,37-19-6-2-7-20-37)38-21-8-3-9-22-38/h1-34H/i30D. The normalized spacial score (nSPS) is 13.0. The fourth-order valence-corrected chi connectivity index (χ4v) is 10.1.